The molecule has 0 aromatic heterocycles. The Kier molecular flexibility index (Phi) is 7.65. The second kappa shape index (κ2) is 9.76. The van der Waals surface area contributed by atoms with E-state index in [0.29, 0.717) is 37.4 Å². The maximum Gasteiger partial charge on any atom is 0.408 e. The summed E-state index contributed by atoms with van der Waals surface area (Å²) in [5.41, 5.74) is 1.25. The van der Waals surface area contributed by atoms with Crippen LogP contribution in [-0.2, 0) is 9.53 Å². The van der Waals surface area contributed by atoms with Crippen molar-refractivity contribution in [3.8, 4) is 0 Å². The van der Waals surface area contributed by atoms with E-state index in [2.05, 4.69) is 24.5 Å². The monoisotopic (exact) mass is 403 g/mol. The Morgan fingerprint density at radius 3 is 2.21 bits per heavy atom. The van der Waals surface area contributed by atoms with Gasteiger partial charge in [0.1, 0.15) is 12.1 Å². The molecule has 1 saturated heterocycles. The first kappa shape index (κ1) is 22.7. The lowest BCUT2D eigenvalue weighted by molar-refractivity contribution is -0.131. The summed E-state index contributed by atoms with van der Waals surface area (Å²) in [6.45, 7) is 10.6. The summed E-state index contributed by atoms with van der Waals surface area (Å²) in [6, 6.07) is 7.71. The van der Waals surface area contributed by atoms with Crippen LogP contribution in [0.2, 0.25) is 0 Å². The fourth-order valence-electron chi connectivity index (χ4n) is 3.14. The lowest BCUT2D eigenvalue weighted by Gasteiger charge is -2.32. The molecule has 1 aromatic carbocycles. The van der Waals surface area contributed by atoms with Gasteiger partial charge < -0.3 is 20.3 Å². The minimum absolute atomic E-state index is 0.0372. The van der Waals surface area contributed by atoms with Crippen molar-refractivity contribution < 1.29 is 19.1 Å². The molecule has 7 heteroatoms. The largest absolute Gasteiger partial charge is 0.444 e. The molecular formula is C22H33N3O4. The number of carbonyl (C=O) groups excluding carboxylic acids is 3. The fourth-order valence-corrected chi connectivity index (χ4v) is 3.14. The van der Waals surface area contributed by atoms with Crippen molar-refractivity contribution in [1.82, 2.24) is 15.5 Å². The van der Waals surface area contributed by atoms with Crippen molar-refractivity contribution in [2.45, 2.75) is 65.0 Å². The van der Waals surface area contributed by atoms with Crippen LogP contribution in [0.4, 0.5) is 4.79 Å². The standard InChI is InChI=1S/C22H33N3O4/c1-15(2)16-6-8-17(9-7-16)20(27)24-18-10-12-25(13-11-18)19(26)14-23-21(28)29-22(3,4)5/h6-9,15,18H,10-14H2,1-5H3,(H,23,28)(H,24,27). The number of hydrogen-bond acceptors (Lipinski definition) is 4. The number of likely N-dealkylation sites (tertiary alicyclic amines) is 1. The van der Waals surface area contributed by atoms with E-state index in [1.807, 2.05) is 24.3 Å². The number of nitrogens with zero attached hydrogens (tertiary/aromatic N) is 1. The molecule has 7 nitrogen and oxygen atoms in total. The van der Waals surface area contributed by atoms with Crippen molar-refractivity contribution in [3.63, 3.8) is 0 Å². The SMILES string of the molecule is CC(C)c1ccc(C(=O)NC2CCN(C(=O)CNC(=O)OC(C)(C)C)CC2)cc1. The highest BCUT2D eigenvalue weighted by molar-refractivity contribution is 5.94. The van der Waals surface area contributed by atoms with Gasteiger partial charge >= 0.3 is 6.09 Å². The Balaban J connectivity index is 1.74. The van der Waals surface area contributed by atoms with E-state index in [1.165, 1.54) is 5.56 Å². The van der Waals surface area contributed by atoms with Gasteiger partial charge in [0.25, 0.3) is 5.91 Å². The maximum atomic E-state index is 12.4. The summed E-state index contributed by atoms with van der Waals surface area (Å²) in [4.78, 5) is 38.1. The van der Waals surface area contributed by atoms with Gasteiger partial charge in [-0.05, 0) is 57.2 Å². The molecule has 0 spiro atoms. The summed E-state index contributed by atoms with van der Waals surface area (Å²) in [7, 11) is 0. The van der Waals surface area contributed by atoms with Gasteiger partial charge in [0.05, 0.1) is 0 Å². The molecule has 1 aromatic rings. The zero-order chi connectivity index (χ0) is 21.6. The Bertz CT molecular complexity index is 715. The van der Waals surface area contributed by atoms with Gasteiger partial charge in [-0.2, -0.15) is 0 Å². The molecule has 2 rings (SSSR count). The van der Waals surface area contributed by atoms with Crippen LogP contribution in [0, 0.1) is 0 Å². The Morgan fingerprint density at radius 2 is 1.69 bits per heavy atom. The number of nitrogens with one attached hydrogen (secondary N) is 2. The number of ether oxygens (including phenoxy) is 1. The van der Waals surface area contributed by atoms with Gasteiger partial charge in [-0.1, -0.05) is 26.0 Å². The highest BCUT2D eigenvalue weighted by atomic mass is 16.6. The minimum atomic E-state index is -0.600. The first-order valence-corrected chi connectivity index (χ1v) is 10.2. The molecule has 0 atom stereocenters. The number of amides is 3. The van der Waals surface area contributed by atoms with Crippen LogP contribution in [0.25, 0.3) is 0 Å². The van der Waals surface area contributed by atoms with Crippen molar-refractivity contribution >= 4 is 17.9 Å². The van der Waals surface area contributed by atoms with Crippen LogP contribution in [0.3, 0.4) is 0 Å². The van der Waals surface area contributed by atoms with Crippen LogP contribution in [0.15, 0.2) is 24.3 Å². The van der Waals surface area contributed by atoms with E-state index < -0.39 is 11.7 Å². The topological polar surface area (TPSA) is 87.7 Å². The number of benzene rings is 1. The second-order valence-electron chi connectivity index (χ2n) is 8.76. The molecule has 0 radical (unpaired) electrons. The van der Waals surface area contributed by atoms with Crippen molar-refractivity contribution in [1.29, 1.82) is 0 Å². The smallest absolute Gasteiger partial charge is 0.408 e. The summed E-state index contributed by atoms with van der Waals surface area (Å²) in [5, 5.41) is 5.54. The quantitative estimate of drug-likeness (QED) is 0.791. The molecule has 2 N–H and O–H groups in total. The lowest BCUT2D eigenvalue weighted by Crippen LogP contribution is -2.49. The average molecular weight is 404 g/mol. The van der Waals surface area contributed by atoms with E-state index in [-0.39, 0.29) is 24.4 Å². The number of carbonyl (C=O) groups is 3. The minimum Gasteiger partial charge on any atom is -0.444 e. The van der Waals surface area contributed by atoms with Gasteiger partial charge in [0.2, 0.25) is 5.91 Å². The highest BCUT2D eigenvalue weighted by Gasteiger charge is 2.25. The zero-order valence-corrected chi connectivity index (χ0v) is 18.1. The summed E-state index contributed by atoms with van der Waals surface area (Å²) in [5.74, 6) is 0.195. The molecule has 29 heavy (non-hydrogen) atoms. The molecule has 1 aliphatic heterocycles. The number of alkyl carbamates (subject to hydrolysis) is 1. The maximum absolute atomic E-state index is 12.4. The third kappa shape index (κ3) is 7.40. The number of rotatable bonds is 5. The predicted molar refractivity (Wildman–Crippen MR) is 112 cm³/mol. The van der Waals surface area contributed by atoms with Gasteiger partial charge in [0.15, 0.2) is 0 Å². The summed E-state index contributed by atoms with van der Waals surface area (Å²) >= 11 is 0. The van der Waals surface area contributed by atoms with Crippen LogP contribution in [0.1, 0.15) is 69.3 Å². The molecule has 3 amide bonds. The normalized spacial score (nSPS) is 15.2. The number of piperidine rings is 1. The van der Waals surface area contributed by atoms with Crippen LogP contribution < -0.4 is 10.6 Å². The van der Waals surface area contributed by atoms with Gasteiger partial charge in [-0.15, -0.1) is 0 Å². The second-order valence-corrected chi connectivity index (χ2v) is 8.76. The summed E-state index contributed by atoms with van der Waals surface area (Å²) in [6.07, 6.45) is 0.776. The van der Waals surface area contributed by atoms with Gasteiger partial charge in [-0.3, -0.25) is 9.59 Å². The molecule has 0 bridgehead atoms. The van der Waals surface area contributed by atoms with Gasteiger partial charge in [0, 0.05) is 24.7 Å². The molecule has 1 aliphatic rings. The molecule has 0 aliphatic carbocycles. The van der Waals surface area contributed by atoms with Crippen molar-refractivity contribution in [2.75, 3.05) is 19.6 Å². The van der Waals surface area contributed by atoms with Crippen LogP contribution >= 0.6 is 0 Å². The Morgan fingerprint density at radius 1 is 1.10 bits per heavy atom. The van der Waals surface area contributed by atoms with Gasteiger partial charge in [-0.25, -0.2) is 4.79 Å². The van der Waals surface area contributed by atoms with E-state index in [4.69, 9.17) is 4.74 Å². The first-order valence-electron chi connectivity index (χ1n) is 10.2. The highest BCUT2D eigenvalue weighted by Crippen LogP contribution is 2.16. The van der Waals surface area contributed by atoms with E-state index in [0.717, 1.165) is 0 Å². The van der Waals surface area contributed by atoms with E-state index in [9.17, 15) is 14.4 Å². The van der Waals surface area contributed by atoms with Crippen molar-refractivity contribution in [2.24, 2.45) is 0 Å². The molecule has 160 valence electrons. The van der Waals surface area contributed by atoms with Crippen molar-refractivity contribution in [3.05, 3.63) is 35.4 Å². The van der Waals surface area contributed by atoms with E-state index in [1.54, 1.807) is 25.7 Å². The fraction of sp³-hybridized carbons (Fsp3) is 0.591. The molecular weight excluding hydrogens is 370 g/mol. The Hall–Kier alpha value is -2.57. The number of hydrogen-bond donors (Lipinski definition) is 2. The third-order valence-corrected chi connectivity index (χ3v) is 4.81. The summed E-state index contributed by atoms with van der Waals surface area (Å²) < 4.78 is 5.13. The third-order valence-electron chi connectivity index (χ3n) is 4.81. The predicted octanol–water partition coefficient (Wildman–Crippen LogP) is 3.06. The molecule has 0 unspecified atom stereocenters. The lowest BCUT2D eigenvalue weighted by atomic mass is 10.0. The molecule has 1 fully saturated rings. The molecule has 0 saturated carbocycles. The van der Waals surface area contributed by atoms with Crippen LogP contribution in [-0.4, -0.2) is 54.1 Å². The van der Waals surface area contributed by atoms with Crippen LogP contribution in [0.5, 0.6) is 0 Å². The molecule has 1 heterocycles. The van der Waals surface area contributed by atoms with E-state index >= 15 is 0 Å². The average Bonchev–Trinajstić information content (AvgIpc) is 2.65. The first-order chi connectivity index (χ1) is 13.5. The Labute approximate surface area is 173 Å². The zero-order valence-electron chi connectivity index (χ0n) is 18.1.